The van der Waals surface area contributed by atoms with E-state index < -0.39 is 8.77 Å². The Balaban J connectivity index is 0. The summed E-state index contributed by atoms with van der Waals surface area (Å²) in [6, 6.07) is 0. The molecular formula is C3H12N2O2S2. The Morgan fingerprint density at radius 1 is 1.67 bits per heavy atom. The highest BCUT2D eigenvalue weighted by Crippen LogP contribution is 1.84. The third-order valence-electron chi connectivity index (χ3n) is 0.598. The van der Waals surface area contributed by atoms with Crippen molar-refractivity contribution in [2.75, 3.05) is 12.3 Å². The minimum atomic E-state index is -3.18. The van der Waals surface area contributed by atoms with Crippen LogP contribution in [0.25, 0.3) is 0 Å². The van der Waals surface area contributed by atoms with Crippen molar-refractivity contribution in [1.29, 1.82) is 0 Å². The van der Waals surface area contributed by atoms with Crippen molar-refractivity contribution in [2.45, 2.75) is 6.42 Å². The van der Waals surface area contributed by atoms with Crippen LogP contribution in [-0.4, -0.2) is 21.1 Å². The van der Waals surface area contributed by atoms with E-state index in [0.717, 1.165) is 0 Å². The molecule has 0 spiro atoms. The van der Waals surface area contributed by atoms with Gasteiger partial charge in [0.25, 0.3) is 0 Å². The third kappa shape index (κ3) is 11.7. The van der Waals surface area contributed by atoms with Gasteiger partial charge in [0, 0.05) is 5.75 Å². The lowest BCUT2D eigenvalue weighted by Gasteiger charge is -2.07. The maximum Gasteiger partial charge on any atom is 0.0147 e. The van der Waals surface area contributed by atoms with Crippen molar-refractivity contribution in [2.24, 2.45) is 5.73 Å². The number of rotatable bonds is 3. The molecule has 0 aromatic carbocycles. The Morgan fingerprint density at radius 3 is 2.22 bits per heavy atom. The first-order valence-electron chi connectivity index (χ1n) is 2.20. The van der Waals surface area contributed by atoms with Crippen LogP contribution in [0.2, 0.25) is 0 Å². The molecule has 0 radical (unpaired) electrons. The van der Waals surface area contributed by atoms with Crippen molar-refractivity contribution in [3.8, 4) is 0 Å². The summed E-state index contributed by atoms with van der Waals surface area (Å²) in [6.45, 7) is 0.385. The molecule has 0 amide bonds. The Kier molecular flexibility index (Phi) is 6.74. The number of nitrogens with two attached hydrogens (primary N) is 1. The lowest BCUT2D eigenvalue weighted by Crippen LogP contribution is -2.08. The van der Waals surface area contributed by atoms with Gasteiger partial charge in [-0.15, -0.1) is 0 Å². The van der Waals surface area contributed by atoms with Gasteiger partial charge in [-0.3, -0.25) is 4.21 Å². The monoisotopic (exact) mass is 172 g/mol. The van der Waals surface area contributed by atoms with Gasteiger partial charge in [-0.2, -0.15) is 0 Å². The molecule has 1 atom stereocenters. The van der Waals surface area contributed by atoms with Crippen molar-refractivity contribution >= 4 is 20.0 Å². The SMILES string of the molecule is NCCCS(=O)([O-])=S.[NH4+]. The number of hydrogen-bond donors (Lipinski definition) is 2. The molecule has 0 heterocycles. The van der Waals surface area contributed by atoms with Crippen LogP contribution in [0.15, 0.2) is 0 Å². The van der Waals surface area contributed by atoms with E-state index in [1.165, 1.54) is 0 Å². The summed E-state index contributed by atoms with van der Waals surface area (Å²) >= 11 is 4.07. The molecule has 0 saturated heterocycles. The minimum absolute atomic E-state index is 0. The highest BCUT2D eigenvalue weighted by Gasteiger charge is 1.86. The van der Waals surface area contributed by atoms with Crippen LogP contribution in [0.1, 0.15) is 6.42 Å². The molecule has 9 heavy (non-hydrogen) atoms. The van der Waals surface area contributed by atoms with E-state index in [0.29, 0.717) is 13.0 Å². The molecule has 0 rings (SSSR count). The predicted octanol–water partition coefficient (Wildman–Crippen LogP) is -0.412. The third-order valence-corrected chi connectivity index (χ3v) is 1.89. The quantitative estimate of drug-likeness (QED) is 0.604. The normalized spacial score (nSPS) is 15.8. The van der Waals surface area contributed by atoms with Crippen molar-refractivity contribution < 1.29 is 8.76 Å². The second kappa shape index (κ2) is 5.07. The molecule has 6 N–H and O–H groups in total. The standard InChI is InChI=1S/C3H9NO2S2.H3N/c4-2-1-3-8(5,6)7;/h1-4H2,(H,5,6,7);1H3. The van der Waals surface area contributed by atoms with Crippen LogP contribution < -0.4 is 11.9 Å². The first-order chi connectivity index (χ1) is 3.56. The zero-order valence-corrected chi connectivity index (χ0v) is 6.96. The van der Waals surface area contributed by atoms with Crippen LogP contribution >= 0.6 is 0 Å². The molecular weight excluding hydrogens is 160 g/mol. The van der Waals surface area contributed by atoms with Crippen molar-refractivity contribution in [3.05, 3.63) is 0 Å². The van der Waals surface area contributed by atoms with E-state index >= 15 is 0 Å². The summed E-state index contributed by atoms with van der Waals surface area (Å²) in [5.74, 6) is 0.0266. The summed E-state index contributed by atoms with van der Waals surface area (Å²) in [7, 11) is -3.18. The molecule has 0 fully saturated rings. The molecule has 0 aromatic rings. The minimum Gasteiger partial charge on any atom is -0.769 e. The van der Waals surface area contributed by atoms with E-state index in [2.05, 4.69) is 11.2 Å². The van der Waals surface area contributed by atoms with Gasteiger partial charge in [-0.1, -0.05) is 0 Å². The van der Waals surface area contributed by atoms with Gasteiger partial charge in [-0.25, -0.2) is 0 Å². The highest BCUT2D eigenvalue weighted by atomic mass is 32.8. The maximum atomic E-state index is 10.1. The highest BCUT2D eigenvalue weighted by molar-refractivity contribution is 8.29. The van der Waals surface area contributed by atoms with Crippen molar-refractivity contribution in [3.63, 3.8) is 0 Å². The van der Waals surface area contributed by atoms with E-state index in [4.69, 9.17) is 5.73 Å². The molecule has 4 nitrogen and oxygen atoms in total. The molecule has 0 aliphatic rings. The van der Waals surface area contributed by atoms with Crippen LogP contribution in [0.5, 0.6) is 0 Å². The topological polar surface area (TPSA) is 103 Å². The molecule has 1 unspecified atom stereocenters. The van der Waals surface area contributed by atoms with E-state index in [1.807, 2.05) is 0 Å². The van der Waals surface area contributed by atoms with E-state index in [1.54, 1.807) is 0 Å². The van der Waals surface area contributed by atoms with Crippen LogP contribution in [0.3, 0.4) is 0 Å². The Morgan fingerprint density at radius 2 is 2.11 bits per heavy atom. The first-order valence-corrected chi connectivity index (χ1v) is 4.77. The second-order valence-corrected chi connectivity index (χ2v) is 4.45. The molecule has 0 bridgehead atoms. The molecule has 0 aliphatic heterocycles. The van der Waals surface area contributed by atoms with Crippen LogP contribution in [0, 0.1) is 0 Å². The van der Waals surface area contributed by atoms with Gasteiger partial charge in [0.2, 0.25) is 0 Å². The van der Waals surface area contributed by atoms with Crippen molar-refractivity contribution in [1.82, 2.24) is 6.15 Å². The fraction of sp³-hybridized carbons (Fsp3) is 1.00. The maximum absolute atomic E-state index is 10.1. The lowest BCUT2D eigenvalue weighted by molar-refractivity contribution is 0.532. The fourth-order valence-corrected chi connectivity index (χ4v) is 1.13. The van der Waals surface area contributed by atoms with Gasteiger partial charge in [0.05, 0.1) is 0 Å². The second-order valence-electron chi connectivity index (χ2n) is 1.40. The van der Waals surface area contributed by atoms with Crippen LogP contribution in [-0.2, 0) is 20.0 Å². The van der Waals surface area contributed by atoms with Gasteiger partial charge in [-0.05, 0) is 32.9 Å². The fourth-order valence-electron chi connectivity index (χ4n) is 0.260. The summed E-state index contributed by atoms with van der Waals surface area (Å²) < 4.78 is 20.3. The molecule has 0 aromatic heterocycles. The zero-order valence-electron chi connectivity index (χ0n) is 5.33. The summed E-state index contributed by atoms with van der Waals surface area (Å²) in [4.78, 5) is 0. The first kappa shape index (κ1) is 12.0. The van der Waals surface area contributed by atoms with Gasteiger partial charge in [0.1, 0.15) is 0 Å². The van der Waals surface area contributed by atoms with E-state index in [9.17, 15) is 8.76 Å². The smallest absolute Gasteiger partial charge is 0.0147 e. The number of quaternary nitrogens is 1. The average molecular weight is 172 g/mol. The lowest BCUT2D eigenvalue weighted by atomic mass is 10.5. The Bertz CT molecular complexity index is 142. The molecule has 0 saturated carbocycles. The summed E-state index contributed by atoms with van der Waals surface area (Å²) in [5, 5.41) is 0. The Labute approximate surface area is 59.9 Å². The van der Waals surface area contributed by atoms with Crippen LogP contribution in [0.4, 0.5) is 0 Å². The molecule has 0 aliphatic carbocycles. The van der Waals surface area contributed by atoms with Gasteiger partial charge < -0.3 is 16.4 Å². The molecule has 6 heteroatoms. The average Bonchev–Trinajstić information content (AvgIpc) is 1.59. The molecule has 58 valence electrons. The summed E-state index contributed by atoms with van der Waals surface area (Å²) in [6.07, 6.45) is 0.464. The van der Waals surface area contributed by atoms with Gasteiger partial charge >= 0.3 is 0 Å². The summed E-state index contributed by atoms with van der Waals surface area (Å²) in [5.41, 5.74) is 5.02. The van der Waals surface area contributed by atoms with Gasteiger partial charge in [0.15, 0.2) is 0 Å². The zero-order chi connectivity index (χ0) is 6.62. The number of hydrogen-bond acceptors (Lipinski definition) is 4. The Hall–Kier alpha value is 0.250. The predicted molar refractivity (Wildman–Crippen MR) is 40.8 cm³/mol. The largest absolute Gasteiger partial charge is 0.769 e. The van der Waals surface area contributed by atoms with E-state index in [-0.39, 0.29) is 11.9 Å².